The van der Waals surface area contributed by atoms with Crippen LogP contribution in [-0.4, -0.2) is 195 Å². The molecule has 6 aliphatic heterocycles. The number of ether oxygens (including phenoxy) is 2. The molecule has 6 aliphatic rings. The zero-order valence-corrected chi connectivity index (χ0v) is 35.9. The van der Waals surface area contributed by atoms with Gasteiger partial charge in [-0.15, -0.1) is 0 Å². The summed E-state index contributed by atoms with van der Waals surface area (Å²) in [6.07, 6.45) is 0.287. The van der Waals surface area contributed by atoms with Crippen LogP contribution in [0.5, 0.6) is 0 Å². The summed E-state index contributed by atoms with van der Waals surface area (Å²) in [6.45, 7) is 0.332. The Labute approximate surface area is 380 Å². The molecular formula is C41H46CuF2N10O11+. The SMILES string of the molecule is N#C[C@@H]1CC(F)(F)CN1C(=O)CNC(=O)c1ccnc2ccc(NC(=O)CCC(=O)N3CCN(C(=O)CCC(C(=O)O)N4C[C@@]56C[C@]7(C4)OC(=O)CN7CCN5CC(=O)O6)CC3)cc12.[Cu+]. The van der Waals surface area contributed by atoms with Crippen LogP contribution < -0.4 is 10.6 Å². The maximum absolute atomic E-state index is 13.8. The van der Waals surface area contributed by atoms with Crippen molar-refractivity contribution in [2.24, 2.45) is 0 Å². The fraction of sp³-hybridized carbons (Fsp3) is 0.561. The first-order valence-corrected chi connectivity index (χ1v) is 21.0. The number of aromatic nitrogens is 1. The summed E-state index contributed by atoms with van der Waals surface area (Å²) in [5.74, 6) is -7.90. The molecule has 2 aromatic rings. The molecule has 6 fully saturated rings. The van der Waals surface area contributed by atoms with Gasteiger partial charge in [0.1, 0.15) is 25.2 Å². The number of hydrogen-bond donors (Lipinski definition) is 3. The maximum atomic E-state index is 13.8. The number of likely N-dealkylation sites (tertiary alicyclic amines) is 2. The minimum atomic E-state index is -3.21. The second kappa shape index (κ2) is 18.6. The topological polar surface area (TPSA) is 255 Å². The third-order valence-corrected chi connectivity index (χ3v) is 12.8. The number of anilines is 1. The van der Waals surface area contributed by atoms with Gasteiger partial charge in [-0.25, -0.2) is 8.78 Å². The van der Waals surface area contributed by atoms with E-state index in [1.165, 1.54) is 18.3 Å². The third kappa shape index (κ3) is 9.74. The number of piperidine rings is 1. The van der Waals surface area contributed by atoms with Gasteiger partial charge in [0.15, 0.2) is 11.4 Å². The van der Waals surface area contributed by atoms with Gasteiger partial charge in [-0.1, -0.05) is 0 Å². The van der Waals surface area contributed by atoms with Crippen LogP contribution in [0.15, 0.2) is 30.5 Å². The van der Waals surface area contributed by atoms with Crippen molar-refractivity contribution in [3.8, 4) is 6.07 Å². The molecule has 0 radical (unpaired) electrons. The molecule has 7 heterocycles. The fourth-order valence-electron chi connectivity index (χ4n) is 9.70. The summed E-state index contributed by atoms with van der Waals surface area (Å²) in [7, 11) is 0. The molecule has 3 N–H and O–H groups in total. The standard InChI is InChI=1S/C41H46F2N10O11.Cu/c42-39(43)16-26(17-44)53(22-39)34(57)18-46-37(60)27-7-8-45-29-2-1-25(15-28(27)29)47-31(54)4-6-33(56)49-11-9-48(10-12-49)32(55)5-3-30(38(61)62)50-23-40-21-41(24-50)52(20-36(59)64-41)14-13-51(40)19-35(58)63-40;/h1-2,7-8,15,26,30H,3-6,9-14,16,18-24H2,(H,46,60)(H,47,54)(H,61,62);/q;+1/t26-,30?,40-,41+;/m0./s1. The number of fused-ring (bicyclic) bond motifs is 1. The maximum Gasteiger partial charge on any atom is 1.00 e. The summed E-state index contributed by atoms with van der Waals surface area (Å²) in [4.78, 5) is 116. The van der Waals surface area contributed by atoms with Gasteiger partial charge in [-0.2, -0.15) is 5.26 Å². The van der Waals surface area contributed by atoms with Crippen molar-refractivity contribution in [1.82, 2.24) is 39.7 Å². The Morgan fingerprint density at radius 3 is 2.08 bits per heavy atom. The van der Waals surface area contributed by atoms with E-state index in [9.17, 15) is 57.5 Å². The van der Waals surface area contributed by atoms with Crippen molar-refractivity contribution in [1.29, 1.82) is 5.26 Å². The zero-order chi connectivity index (χ0) is 45.6. The van der Waals surface area contributed by atoms with Crippen LogP contribution in [0, 0.1) is 11.3 Å². The molecule has 5 amide bonds. The molecule has 6 saturated heterocycles. The van der Waals surface area contributed by atoms with Crippen LogP contribution in [0.4, 0.5) is 14.5 Å². The number of rotatable bonds is 12. The van der Waals surface area contributed by atoms with Gasteiger partial charge in [-0.3, -0.25) is 58.0 Å². The first-order valence-electron chi connectivity index (χ1n) is 21.0. The molecule has 350 valence electrons. The fourth-order valence-corrected chi connectivity index (χ4v) is 9.70. The summed E-state index contributed by atoms with van der Waals surface area (Å²) in [6, 6.07) is 5.23. The number of carbonyl (C=O) groups is 8. The van der Waals surface area contributed by atoms with Crippen LogP contribution in [-0.2, 0) is 60.1 Å². The number of esters is 2. The van der Waals surface area contributed by atoms with E-state index >= 15 is 0 Å². The molecule has 0 saturated carbocycles. The predicted molar refractivity (Wildman–Crippen MR) is 213 cm³/mol. The van der Waals surface area contributed by atoms with Crippen LogP contribution in [0.1, 0.15) is 48.9 Å². The number of carboxylic acid groups (broad SMARTS) is 1. The second-order valence-electron chi connectivity index (χ2n) is 17.0. The Kier molecular flexibility index (Phi) is 13.4. The molecule has 1 aromatic heterocycles. The van der Waals surface area contributed by atoms with Crippen LogP contribution in [0.25, 0.3) is 10.9 Å². The van der Waals surface area contributed by atoms with E-state index in [0.717, 1.165) is 4.90 Å². The average Bonchev–Trinajstić information content (AvgIpc) is 3.84. The molecule has 8 rings (SSSR count). The van der Waals surface area contributed by atoms with E-state index in [-0.39, 0.29) is 119 Å². The molecule has 65 heavy (non-hydrogen) atoms. The minimum Gasteiger partial charge on any atom is -0.480 e. The van der Waals surface area contributed by atoms with Gasteiger partial charge in [0.05, 0.1) is 49.7 Å². The van der Waals surface area contributed by atoms with Gasteiger partial charge in [0, 0.05) is 82.2 Å². The quantitative estimate of drug-likeness (QED) is 0.174. The first kappa shape index (κ1) is 47.1. The molecular weight excluding hydrogens is 910 g/mol. The van der Waals surface area contributed by atoms with Gasteiger partial charge >= 0.3 is 35.0 Å². The summed E-state index contributed by atoms with van der Waals surface area (Å²) < 4.78 is 39.3. The Bertz CT molecular complexity index is 2310. The number of halogens is 2. The normalized spacial score (nSPS) is 25.6. The molecule has 21 nitrogen and oxygen atoms in total. The summed E-state index contributed by atoms with van der Waals surface area (Å²) in [5, 5.41) is 25.0. The number of carboxylic acids is 1. The number of aliphatic carboxylic acids is 1. The number of hydrogen-bond acceptors (Lipinski definition) is 15. The number of nitrogens with one attached hydrogen (secondary N) is 2. The first-order chi connectivity index (χ1) is 30.5. The van der Waals surface area contributed by atoms with E-state index in [4.69, 9.17) is 9.47 Å². The Balaban J connectivity index is 0.00000630. The van der Waals surface area contributed by atoms with Crippen LogP contribution in [0.3, 0.4) is 0 Å². The van der Waals surface area contributed by atoms with Crippen molar-refractivity contribution in [3.05, 3.63) is 36.0 Å². The Morgan fingerprint density at radius 2 is 1.48 bits per heavy atom. The number of pyridine rings is 1. The molecule has 2 bridgehead atoms. The molecule has 4 atom stereocenters. The van der Waals surface area contributed by atoms with Crippen molar-refractivity contribution < 1.29 is 78.8 Å². The Hall–Kier alpha value is -5.86. The smallest absolute Gasteiger partial charge is 0.480 e. The zero-order valence-electron chi connectivity index (χ0n) is 34.9. The second-order valence-corrected chi connectivity index (χ2v) is 17.0. The number of nitriles is 1. The van der Waals surface area contributed by atoms with Crippen molar-refractivity contribution in [2.45, 2.75) is 68.0 Å². The number of alkyl halides is 2. The molecule has 0 aliphatic carbocycles. The Morgan fingerprint density at radius 1 is 0.862 bits per heavy atom. The van der Waals surface area contributed by atoms with E-state index in [2.05, 4.69) is 15.6 Å². The largest absolute Gasteiger partial charge is 1.00 e. The van der Waals surface area contributed by atoms with E-state index < -0.39 is 84.6 Å². The summed E-state index contributed by atoms with van der Waals surface area (Å²) in [5.41, 5.74) is -1.57. The predicted octanol–water partition coefficient (Wildman–Crippen LogP) is -0.826. The molecule has 24 heteroatoms. The van der Waals surface area contributed by atoms with Gasteiger partial charge in [0.25, 0.3) is 11.8 Å². The van der Waals surface area contributed by atoms with Crippen LogP contribution in [0.2, 0.25) is 0 Å². The van der Waals surface area contributed by atoms with E-state index in [1.54, 1.807) is 32.9 Å². The van der Waals surface area contributed by atoms with Gasteiger partial charge in [0.2, 0.25) is 23.6 Å². The van der Waals surface area contributed by atoms with E-state index in [1.807, 2.05) is 9.80 Å². The van der Waals surface area contributed by atoms with Gasteiger partial charge in [-0.05, 0) is 30.7 Å². The average molecular weight is 956 g/mol. The van der Waals surface area contributed by atoms with E-state index in [0.29, 0.717) is 29.7 Å². The molecule has 1 unspecified atom stereocenters. The summed E-state index contributed by atoms with van der Waals surface area (Å²) >= 11 is 0. The monoisotopic (exact) mass is 955 g/mol. The van der Waals surface area contributed by atoms with Crippen molar-refractivity contribution in [2.75, 3.05) is 83.9 Å². The number of carbonyl (C=O) groups excluding carboxylic acids is 7. The number of benzene rings is 1. The van der Waals surface area contributed by atoms with Crippen LogP contribution >= 0.6 is 0 Å². The van der Waals surface area contributed by atoms with Crippen molar-refractivity contribution in [3.63, 3.8) is 0 Å². The number of piperazine rings is 1. The number of amides is 5. The number of nitrogens with zero attached hydrogens (tertiary/aromatic N) is 8. The van der Waals surface area contributed by atoms with Gasteiger partial charge < -0.3 is 39.9 Å². The van der Waals surface area contributed by atoms with Crippen molar-refractivity contribution >= 4 is 64.0 Å². The molecule has 2 spiro atoms. The molecule has 1 aromatic carbocycles. The minimum absolute atomic E-state index is 0. The third-order valence-electron chi connectivity index (χ3n) is 12.8.